The zero-order valence-electron chi connectivity index (χ0n) is 63.1. The number of carbonyl (C=O) groups excluding carboxylic acids is 2. The molecule has 11 nitrogen and oxygen atoms in total. The molecule has 0 radical (unpaired) electrons. The van der Waals surface area contributed by atoms with Gasteiger partial charge in [0.1, 0.15) is 0 Å². The Labute approximate surface area is 588 Å². The zero-order chi connectivity index (χ0) is 70.0. The summed E-state index contributed by atoms with van der Waals surface area (Å²) in [5.41, 5.74) is -0.653. The Hall–Kier alpha value is -5.13. The minimum absolute atomic E-state index is 0.110. The van der Waals surface area contributed by atoms with Crippen molar-refractivity contribution in [3.63, 3.8) is 0 Å². The molecule has 544 valence electrons. The molecule has 11 heteroatoms. The molecule has 0 saturated heterocycles. The van der Waals surface area contributed by atoms with E-state index in [2.05, 4.69) is 71.4 Å². The van der Waals surface area contributed by atoms with Crippen LogP contribution < -0.4 is 15.5 Å². The third-order valence-electron chi connectivity index (χ3n) is 19.4. The van der Waals surface area contributed by atoms with Crippen molar-refractivity contribution in [2.24, 2.45) is 10.2 Å². The van der Waals surface area contributed by atoms with Crippen LogP contribution >= 0.6 is 0 Å². The van der Waals surface area contributed by atoms with Gasteiger partial charge in [-0.2, -0.15) is 10.2 Å². The van der Waals surface area contributed by atoms with E-state index in [9.17, 15) is 29.7 Å². The largest absolute Gasteiger partial charge is 0.870 e. The van der Waals surface area contributed by atoms with Gasteiger partial charge in [0.25, 0.3) is 5.91 Å². The van der Waals surface area contributed by atoms with Crippen LogP contribution in [-0.2, 0) is 0 Å². The molecule has 2 N–H and O–H groups in total. The molecule has 0 aromatic heterocycles. The minimum atomic E-state index is -1.59. The maximum Gasteiger partial charge on any atom is 0.335 e. The molecule has 4 rings (SSSR count). The van der Waals surface area contributed by atoms with Gasteiger partial charge in [0, 0.05) is 22.2 Å². The summed E-state index contributed by atoms with van der Waals surface area (Å²) < 4.78 is 2.49. The lowest BCUT2D eigenvalue weighted by atomic mass is 10.0. The Morgan fingerprint density at radius 3 is 1.01 bits per heavy atom. The molecule has 0 bridgehead atoms. The molecule has 0 unspecified atom stereocenters. The van der Waals surface area contributed by atoms with Gasteiger partial charge in [0.2, 0.25) is 0 Å². The number of carbonyl (C=O) groups is 3. The van der Waals surface area contributed by atoms with Gasteiger partial charge in [-0.1, -0.05) is 333 Å². The SMILES string of the molecule is CCCCCCCCCCCCCCCCCC[N+](C)(C)CCCCCCCCCCCCCCCCCC.CCCCCCCCCC[N+](C)(C)CCCCCCCCCC.O=C([O-])c1cc(N=Nc2c([O-])c(C(=O)Nc3ccccc3)cc3ccccc23)cc(C(=O)O)c1. The van der Waals surface area contributed by atoms with Gasteiger partial charge < -0.3 is 34.4 Å². The number of unbranched alkanes of at least 4 members (excludes halogenated alkanes) is 44. The topological polar surface area (TPSA) is 154 Å². The highest BCUT2D eigenvalue weighted by atomic mass is 16.4. The molecule has 0 atom stereocenters. The Bertz CT molecular complexity index is 2490. The number of fused-ring (bicyclic) bond motifs is 1. The number of quaternary nitrogens is 2. The lowest BCUT2D eigenvalue weighted by Crippen LogP contribution is -2.41. The first-order valence-corrected chi connectivity index (χ1v) is 39.8. The fraction of sp³-hybridized carbons (Fsp3) is 0.706. The van der Waals surface area contributed by atoms with Crippen LogP contribution in [0.3, 0.4) is 0 Å². The smallest absolute Gasteiger partial charge is 0.335 e. The summed E-state index contributed by atoms with van der Waals surface area (Å²) in [6.07, 6.45) is 70.0. The highest BCUT2D eigenvalue weighted by molar-refractivity contribution is 6.11. The van der Waals surface area contributed by atoms with Gasteiger partial charge in [-0.3, -0.25) is 4.79 Å². The van der Waals surface area contributed by atoms with Crippen LogP contribution in [0.2, 0.25) is 0 Å². The molecule has 1 amide bonds. The van der Waals surface area contributed by atoms with Crippen molar-refractivity contribution in [2.45, 2.75) is 336 Å². The number of benzene rings is 4. The Kier molecular flexibility index (Phi) is 52.3. The molecule has 0 spiro atoms. The van der Waals surface area contributed by atoms with Gasteiger partial charge in [0.15, 0.2) is 0 Å². The van der Waals surface area contributed by atoms with E-state index in [1.54, 1.807) is 54.6 Å². The number of anilines is 1. The monoisotopic (exact) mass is 1330 g/mol. The van der Waals surface area contributed by atoms with Crippen molar-refractivity contribution in [1.82, 2.24) is 0 Å². The van der Waals surface area contributed by atoms with Crippen molar-refractivity contribution in [3.8, 4) is 5.75 Å². The minimum Gasteiger partial charge on any atom is -0.870 e. The predicted molar refractivity (Wildman–Crippen MR) is 408 cm³/mol. The standard InChI is InChI=1S/C38H80N.C25H17N3O6.C22H48N/c1-5-7-9-11-13-15-17-19-21-23-25-27-29-31-33-35-37-39(3,4)38-36-34-32-30-28-26-24-22-20-18-16-14-12-10-8-6-2;29-22-20(23(30)26-17-7-2-1-3-8-17)13-14-6-4-5-9-19(14)21(22)28-27-18-11-15(24(31)32)10-16(12-18)25(33)34;1-5-7-9-11-13-15-17-19-21-23(3,4)22-20-18-16-14-12-10-8-6-2/h5-38H2,1-4H3;1-13,29H,(H,26,30)(H,31,32)(H,33,34);5-22H2,1-4H3/q+1;;+1/p-2. The number of hydrogen-bond acceptors (Lipinski definition) is 7. The van der Waals surface area contributed by atoms with Crippen LogP contribution in [0.15, 0.2) is 89.1 Å². The third kappa shape index (κ3) is 45.5. The number of nitrogens with one attached hydrogen (secondary N) is 1. The molecule has 4 aromatic rings. The summed E-state index contributed by atoms with van der Waals surface area (Å²) in [7, 11) is 9.80. The molecule has 0 saturated carbocycles. The molecule has 0 fully saturated rings. The maximum atomic E-state index is 13.2. The van der Waals surface area contributed by atoms with E-state index < -0.39 is 29.2 Å². The van der Waals surface area contributed by atoms with E-state index in [0.29, 0.717) is 16.5 Å². The van der Waals surface area contributed by atoms with Crippen molar-refractivity contribution in [2.75, 3.05) is 59.7 Å². The van der Waals surface area contributed by atoms with Gasteiger partial charge in [-0.25, -0.2) is 4.79 Å². The second-order valence-corrected chi connectivity index (χ2v) is 29.5. The predicted octanol–water partition coefficient (Wildman–Crippen LogP) is 24.6. The maximum absolute atomic E-state index is 13.2. The van der Waals surface area contributed by atoms with Crippen molar-refractivity contribution in [1.29, 1.82) is 0 Å². The lowest BCUT2D eigenvalue weighted by Gasteiger charge is -2.30. The van der Waals surface area contributed by atoms with Gasteiger partial charge >= 0.3 is 5.97 Å². The molecule has 0 heterocycles. The first-order chi connectivity index (χ1) is 46.6. The summed E-state index contributed by atoms with van der Waals surface area (Å²) in [6.45, 7) is 14.7. The number of azo groups is 1. The fourth-order valence-electron chi connectivity index (χ4n) is 13.1. The average molecular weight is 1330 g/mol. The molecule has 0 aliphatic heterocycles. The third-order valence-corrected chi connectivity index (χ3v) is 19.4. The number of nitrogens with zero attached hydrogens (tertiary/aromatic N) is 4. The lowest BCUT2D eigenvalue weighted by molar-refractivity contribution is -0.890. The normalized spacial score (nSPS) is 11.6. The number of carboxylic acids is 2. The summed E-state index contributed by atoms with van der Waals surface area (Å²) in [5.74, 6) is -4.28. The number of rotatable bonds is 58. The number of amides is 1. The van der Waals surface area contributed by atoms with Crippen molar-refractivity contribution < 1.29 is 38.7 Å². The van der Waals surface area contributed by atoms with E-state index in [1.807, 2.05) is 0 Å². The van der Waals surface area contributed by atoms with Crippen LogP contribution in [0.1, 0.15) is 367 Å². The molecule has 0 aliphatic carbocycles. The number of carboxylic acid groups (broad SMARTS) is 2. The second kappa shape index (κ2) is 57.7. The number of aromatic carboxylic acids is 2. The van der Waals surface area contributed by atoms with E-state index in [4.69, 9.17) is 0 Å². The van der Waals surface area contributed by atoms with Crippen LogP contribution in [-0.4, -0.2) is 86.3 Å². The van der Waals surface area contributed by atoms with Crippen LogP contribution in [0.5, 0.6) is 5.75 Å². The van der Waals surface area contributed by atoms with E-state index in [-0.39, 0.29) is 22.5 Å². The van der Waals surface area contributed by atoms with E-state index >= 15 is 0 Å². The highest BCUT2D eigenvalue weighted by Crippen LogP contribution is 2.38. The Morgan fingerprint density at radius 1 is 0.385 bits per heavy atom. The van der Waals surface area contributed by atoms with Gasteiger partial charge in [0.05, 0.1) is 77.3 Å². The van der Waals surface area contributed by atoms with Gasteiger partial charge in [-0.15, -0.1) is 0 Å². The summed E-state index contributed by atoms with van der Waals surface area (Å²) in [6, 6.07) is 19.9. The summed E-state index contributed by atoms with van der Waals surface area (Å²) >= 11 is 0. The van der Waals surface area contributed by atoms with Crippen molar-refractivity contribution >= 4 is 45.7 Å². The quantitative estimate of drug-likeness (QED) is 0.0255. The number of para-hydroxylation sites is 1. The van der Waals surface area contributed by atoms with E-state index in [1.165, 1.54) is 349 Å². The number of hydrogen-bond donors (Lipinski definition) is 2. The van der Waals surface area contributed by atoms with Gasteiger partial charge in [-0.05, 0) is 93.2 Å². The second-order valence-electron chi connectivity index (χ2n) is 29.5. The van der Waals surface area contributed by atoms with E-state index in [0.717, 1.165) is 18.2 Å². The summed E-state index contributed by atoms with van der Waals surface area (Å²) in [4.78, 5) is 35.4. The average Bonchev–Trinajstić information content (AvgIpc) is 0.807. The van der Waals surface area contributed by atoms with Crippen LogP contribution in [0.4, 0.5) is 17.1 Å². The van der Waals surface area contributed by atoms with Crippen LogP contribution in [0, 0.1) is 0 Å². The molecule has 96 heavy (non-hydrogen) atoms. The highest BCUT2D eigenvalue weighted by Gasteiger charge is 2.17. The Balaban J connectivity index is 0.000000506. The first kappa shape index (κ1) is 87.0. The van der Waals surface area contributed by atoms with Crippen LogP contribution in [0.25, 0.3) is 10.8 Å². The Morgan fingerprint density at radius 2 is 0.688 bits per heavy atom. The summed E-state index contributed by atoms with van der Waals surface area (Å²) in [5, 5.41) is 45.1. The molecular formula is C85H143N5O6. The first-order valence-electron chi connectivity index (χ1n) is 39.8. The molecular weight excluding hydrogens is 1190 g/mol. The zero-order valence-corrected chi connectivity index (χ0v) is 63.1. The van der Waals surface area contributed by atoms with Crippen molar-refractivity contribution in [3.05, 3.63) is 95.6 Å². The molecule has 0 aliphatic rings. The molecule has 4 aromatic carbocycles. The fourth-order valence-corrected chi connectivity index (χ4v) is 13.1.